The van der Waals surface area contributed by atoms with Gasteiger partial charge in [-0.25, -0.2) is 4.79 Å². The molecule has 3 atom stereocenters. The number of carboxylic acid groups (broad SMARTS) is 1. The van der Waals surface area contributed by atoms with E-state index in [0.29, 0.717) is 0 Å². The number of carbonyl (C=O) groups is 2. The summed E-state index contributed by atoms with van der Waals surface area (Å²) in [5.41, 5.74) is 5.71. The van der Waals surface area contributed by atoms with Crippen LogP contribution in [0.15, 0.2) is 0 Å². The normalized spacial score (nSPS) is 16.6. The van der Waals surface area contributed by atoms with Crippen molar-refractivity contribution in [3.63, 3.8) is 0 Å². The smallest absolute Gasteiger partial charge is 0.326 e. The number of amides is 1. The first-order valence-corrected chi connectivity index (χ1v) is 5.60. The number of hydrogen-bond acceptors (Lipinski definition) is 3. The van der Waals surface area contributed by atoms with E-state index in [1.54, 1.807) is 13.8 Å². The fraction of sp³-hybridized carbons (Fsp3) is 0.818. The Labute approximate surface area is 96.4 Å². The van der Waals surface area contributed by atoms with Crippen LogP contribution in [0.3, 0.4) is 0 Å². The van der Waals surface area contributed by atoms with Gasteiger partial charge in [0.1, 0.15) is 6.04 Å². The van der Waals surface area contributed by atoms with Gasteiger partial charge in [0.2, 0.25) is 5.91 Å². The highest BCUT2D eigenvalue weighted by Crippen LogP contribution is 2.07. The van der Waals surface area contributed by atoms with E-state index in [0.717, 1.165) is 6.42 Å². The Balaban J connectivity index is 4.46. The van der Waals surface area contributed by atoms with Crippen LogP contribution >= 0.6 is 0 Å². The molecule has 0 spiro atoms. The van der Waals surface area contributed by atoms with Crippen molar-refractivity contribution >= 4 is 11.9 Å². The van der Waals surface area contributed by atoms with E-state index in [4.69, 9.17) is 10.8 Å². The van der Waals surface area contributed by atoms with E-state index >= 15 is 0 Å². The van der Waals surface area contributed by atoms with Gasteiger partial charge < -0.3 is 16.2 Å². The summed E-state index contributed by atoms with van der Waals surface area (Å²) in [6, 6.07) is -1.52. The Hall–Kier alpha value is -1.10. The molecule has 0 aliphatic rings. The van der Waals surface area contributed by atoms with Gasteiger partial charge in [-0.1, -0.05) is 34.1 Å². The van der Waals surface area contributed by atoms with Crippen molar-refractivity contribution in [2.45, 2.75) is 46.2 Å². The summed E-state index contributed by atoms with van der Waals surface area (Å²) in [7, 11) is 0. The monoisotopic (exact) mass is 230 g/mol. The van der Waals surface area contributed by atoms with Gasteiger partial charge in [-0.15, -0.1) is 0 Å². The van der Waals surface area contributed by atoms with E-state index in [1.807, 2.05) is 13.8 Å². The molecule has 16 heavy (non-hydrogen) atoms. The summed E-state index contributed by atoms with van der Waals surface area (Å²) in [4.78, 5) is 22.5. The second kappa shape index (κ2) is 6.48. The summed E-state index contributed by atoms with van der Waals surface area (Å²) in [6.07, 6.45) is 0.786. The lowest BCUT2D eigenvalue weighted by molar-refractivity contribution is -0.143. The maximum Gasteiger partial charge on any atom is 0.326 e. The van der Waals surface area contributed by atoms with Crippen LogP contribution in [0.5, 0.6) is 0 Å². The number of carboxylic acids is 1. The standard InChI is InChI=1S/C11H22N2O3/c1-5-7(4)8(12)10(14)13-9(6(2)3)11(15)16/h6-9H,5,12H2,1-4H3,(H,13,14)(H,15,16)/t7-,8-,9?/m0/s1. The van der Waals surface area contributed by atoms with Crippen molar-refractivity contribution in [1.82, 2.24) is 5.32 Å². The molecule has 0 rings (SSSR count). The third-order valence-corrected chi connectivity index (χ3v) is 2.79. The molecule has 0 aromatic rings. The van der Waals surface area contributed by atoms with Gasteiger partial charge in [-0.05, 0) is 11.8 Å². The molecular weight excluding hydrogens is 208 g/mol. The van der Waals surface area contributed by atoms with Gasteiger partial charge in [0.15, 0.2) is 0 Å². The van der Waals surface area contributed by atoms with E-state index in [2.05, 4.69) is 5.32 Å². The molecule has 0 saturated carbocycles. The number of carbonyl (C=O) groups excluding carboxylic acids is 1. The quantitative estimate of drug-likeness (QED) is 0.622. The first kappa shape index (κ1) is 14.9. The summed E-state index contributed by atoms with van der Waals surface area (Å²) < 4.78 is 0. The maximum absolute atomic E-state index is 11.7. The molecule has 1 amide bonds. The van der Waals surface area contributed by atoms with Gasteiger partial charge in [0, 0.05) is 0 Å². The molecule has 0 aromatic heterocycles. The zero-order chi connectivity index (χ0) is 12.9. The first-order valence-electron chi connectivity index (χ1n) is 5.60. The minimum absolute atomic E-state index is 0.0432. The van der Waals surface area contributed by atoms with Crippen LogP contribution in [0.1, 0.15) is 34.1 Å². The fourth-order valence-corrected chi connectivity index (χ4v) is 1.28. The van der Waals surface area contributed by atoms with E-state index in [9.17, 15) is 9.59 Å². The average Bonchev–Trinajstić information content (AvgIpc) is 2.22. The largest absolute Gasteiger partial charge is 0.480 e. The molecule has 4 N–H and O–H groups in total. The Morgan fingerprint density at radius 1 is 1.31 bits per heavy atom. The van der Waals surface area contributed by atoms with Gasteiger partial charge in [0.05, 0.1) is 6.04 Å². The second-order valence-corrected chi connectivity index (χ2v) is 4.48. The molecule has 5 heteroatoms. The van der Waals surface area contributed by atoms with Crippen molar-refractivity contribution in [1.29, 1.82) is 0 Å². The van der Waals surface area contributed by atoms with Gasteiger partial charge in [-0.2, -0.15) is 0 Å². The Morgan fingerprint density at radius 3 is 2.12 bits per heavy atom. The van der Waals surface area contributed by atoms with Crippen molar-refractivity contribution < 1.29 is 14.7 Å². The first-order chi connectivity index (χ1) is 7.31. The van der Waals surface area contributed by atoms with Gasteiger partial charge in [0.25, 0.3) is 0 Å². The van der Waals surface area contributed by atoms with Crippen LogP contribution in [0.4, 0.5) is 0 Å². The molecule has 0 radical (unpaired) electrons. The third-order valence-electron chi connectivity index (χ3n) is 2.79. The lowest BCUT2D eigenvalue weighted by Gasteiger charge is -2.23. The fourth-order valence-electron chi connectivity index (χ4n) is 1.28. The lowest BCUT2D eigenvalue weighted by atomic mass is 9.98. The number of rotatable bonds is 6. The minimum Gasteiger partial charge on any atom is -0.480 e. The molecular formula is C11H22N2O3. The molecule has 0 aromatic carbocycles. The van der Waals surface area contributed by atoms with Crippen molar-refractivity contribution in [2.24, 2.45) is 17.6 Å². The zero-order valence-corrected chi connectivity index (χ0v) is 10.4. The molecule has 0 bridgehead atoms. The lowest BCUT2D eigenvalue weighted by Crippen LogP contribution is -2.52. The van der Waals surface area contributed by atoms with Crippen LogP contribution in [0, 0.1) is 11.8 Å². The predicted octanol–water partition coefficient (Wildman–Crippen LogP) is 0.585. The average molecular weight is 230 g/mol. The minimum atomic E-state index is -1.03. The summed E-state index contributed by atoms with van der Waals surface area (Å²) in [5, 5.41) is 11.4. The van der Waals surface area contributed by atoms with Crippen molar-refractivity contribution in [3.8, 4) is 0 Å². The highest BCUT2D eigenvalue weighted by Gasteiger charge is 2.27. The number of aliphatic carboxylic acids is 1. The van der Waals surface area contributed by atoms with Crippen molar-refractivity contribution in [3.05, 3.63) is 0 Å². The van der Waals surface area contributed by atoms with Crippen LogP contribution in [0.25, 0.3) is 0 Å². The number of hydrogen-bond donors (Lipinski definition) is 3. The van der Waals surface area contributed by atoms with Crippen LogP contribution in [-0.4, -0.2) is 29.1 Å². The SMILES string of the molecule is CC[C@H](C)[C@H](N)C(=O)NC(C(=O)O)C(C)C. The summed E-state index contributed by atoms with van der Waals surface area (Å²) in [5.74, 6) is -1.54. The molecule has 94 valence electrons. The maximum atomic E-state index is 11.7. The molecule has 5 nitrogen and oxygen atoms in total. The third kappa shape index (κ3) is 4.18. The Kier molecular flexibility index (Phi) is 6.03. The number of nitrogens with one attached hydrogen (secondary N) is 1. The van der Waals surface area contributed by atoms with E-state index in [1.165, 1.54) is 0 Å². The Bertz CT molecular complexity index is 254. The van der Waals surface area contributed by atoms with E-state index in [-0.39, 0.29) is 11.8 Å². The summed E-state index contributed by atoms with van der Waals surface area (Å²) >= 11 is 0. The van der Waals surface area contributed by atoms with Crippen LogP contribution in [-0.2, 0) is 9.59 Å². The van der Waals surface area contributed by atoms with Crippen molar-refractivity contribution in [2.75, 3.05) is 0 Å². The molecule has 0 aliphatic carbocycles. The molecule has 0 fully saturated rings. The molecule has 0 aliphatic heterocycles. The van der Waals surface area contributed by atoms with Gasteiger partial charge >= 0.3 is 5.97 Å². The summed E-state index contributed by atoms with van der Waals surface area (Å²) in [6.45, 7) is 7.30. The topological polar surface area (TPSA) is 92.4 Å². The predicted molar refractivity (Wildman–Crippen MR) is 61.8 cm³/mol. The molecule has 1 unspecified atom stereocenters. The molecule has 0 heterocycles. The number of nitrogens with two attached hydrogens (primary N) is 1. The molecule has 0 saturated heterocycles. The second-order valence-electron chi connectivity index (χ2n) is 4.48. The van der Waals surface area contributed by atoms with Gasteiger partial charge in [-0.3, -0.25) is 4.79 Å². The Morgan fingerprint density at radius 2 is 1.81 bits per heavy atom. The van der Waals surface area contributed by atoms with E-state index < -0.39 is 24.0 Å². The van der Waals surface area contributed by atoms with Crippen LogP contribution < -0.4 is 11.1 Å². The zero-order valence-electron chi connectivity index (χ0n) is 10.4. The highest BCUT2D eigenvalue weighted by molar-refractivity contribution is 5.87. The highest BCUT2D eigenvalue weighted by atomic mass is 16.4. The van der Waals surface area contributed by atoms with Crippen LogP contribution in [0.2, 0.25) is 0 Å².